The Morgan fingerprint density at radius 2 is 2.10 bits per heavy atom. The maximum absolute atomic E-state index is 5.54. The standard InChI is InChI=1S/C8H12N2/c1-6(2)7-4-3-5-8(9)10-7/h3-6H,1-2H3,(H2,9,10)/p+1. The number of pyridine rings is 1. The van der Waals surface area contributed by atoms with Gasteiger partial charge in [0.1, 0.15) is 5.69 Å². The molecule has 0 fully saturated rings. The van der Waals surface area contributed by atoms with E-state index in [0.717, 1.165) is 5.82 Å². The second-order valence-electron chi connectivity index (χ2n) is 2.72. The van der Waals surface area contributed by atoms with Gasteiger partial charge in [0.2, 0.25) is 0 Å². The second kappa shape index (κ2) is 2.69. The molecule has 0 amide bonds. The van der Waals surface area contributed by atoms with E-state index < -0.39 is 0 Å². The predicted octanol–water partition coefficient (Wildman–Crippen LogP) is 1.21. The highest BCUT2D eigenvalue weighted by molar-refractivity contribution is 5.20. The quantitative estimate of drug-likeness (QED) is 0.621. The van der Waals surface area contributed by atoms with Gasteiger partial charge in [0.15, 0.2) is 0 Å². The number of nitrogen functional groups attached to an aromatic ring is 1. The Bertz CT molecular complexity index is 218. The first-order valence-corrected chi connectivity index (χ1v) is 3.48. The highest BCUT2D eigenvalue weighted by Gasteiger charge is 2.02. The SMILES string of the molecule is CC(C)c1cccc(N)[nH+]1. The number of aromatic amines is 1. The van der Waals surface area contributed by atoms with Crippen molar-refractivity contribution in [2.24, 2.45) is 0 Å². The molecule has 1 rings (SSSR count). The Kier molecular flexibility index (Phi) is 1.90. The third kappa shape index (κ3) is 1.47. The first-order chi connectivity index (χ1) is 4.70. The van der Waals surface area contributed by atoms with Crippen LogP contribution in [-0.4, -0.2) is 0 Å². The molecule has 1 heterocycles. The topological polar surface area (TPSA) is 40.2 Å². The van der Waals surface area contributed by atoms with Crippen molar-refractivity contribution in [3.63, 3.8) is 0 Å². The summed E-state index contributed by atoms with van der Waals surface area (Å²) in [5, 5.41) is 0. The maximum atomic E-state index is 5.54. The van der Waals surface area contributed by atoms with Crippen molar-refractivity contribution in [1.29, 1.82) is 0 Å². The first kappa shape index (κ1) is 7.06. The summed E-state index contributed by atoms with van der Waals surface area (Å²) in [7, 11) is 0. The third-order valence-electron chi connectivity index (χ3n) is 1.46. The molecule has 2 heteroatoms. The summed E-state index contributed by atoms with van der Waals surface area (Å²) in [5.74, 6) is 1.25. The van der Waals surface area contributed by atoms with Gasteiger partial charge >= 0.3 is 0 Å². The molecule has 10 heavy (non-hydrogen) atoms. The molecule has 0 aliphatic carbocycles. The van der Waals surface area contributed by atoms with Crippen LogP contribution in [-0.2, 0) is 0 Å². The Morgan fingerprint density at radius 1 is 1.40 bits per heavy atom. The van der Waals surface area contributed by atoms with Gasteiger partial charge in [-0.15, -0.1) is 0 Å². The van der Waals surface area contributed by atoms with Gasteiger partial charge in [-0.1, -0.05) is 19.9 Å². The molecular weight excluding hydrogens is 124 g/mol. The number of nitrogens with one attached hydrogen (secondary N) is 1. The van der Waals surface area contributed by atoms with Crippen LogP contribution in [0.1, 0.15) is 25.5 Å². The van der Waals surface area contributed by atoms with Crippen molar-refractivity contribution < 1.29 is 4.98 Å². The van der Waals surface area contributed by atoms with Crippen LogP contribution in [0.2, 0.25) is 0 Å². The summed E-state index contributed by atoms with van der Waals surface area (Å²) in [6.45, 7) is 4.26. The molecule has 0 aliphatic heterocycles. The number of hydrogen-bond acceptors (Lipinski definition) is 1. The number of rotatable bonds is 1. The summed E-state index contributed by atoms with van der Waals surface area (Å²) >= 11 is 0. The van der Waals surface area contributed by atoms with Gasteiger partial charge in [-0.05, 0) is 6.07 Å². The molecule has 1 aromatic rings. The van der Waals surface area contributed by atoms with Gasteiger partial charge in [-0.2, -0.15) is 0 Å². The molecule has 0 aromatic carbocycles. The van der Waals surface area contributed by atoms with Crippen LogP contribution in [0.15, 0.2) is 18.2 Å². The molecule has 0 spiro atoms. The number of anilines is 1. The minimum atomic E-state index is 0.517. The van der Waals surface area contributed by atoms with Gasteiger partial charge in [0.25, 0.3) is 5.82 Å². The molecule has 0 saturated carbocycles. The zero-order valence-electron chi connectivity index (χ0n) is 6.39. The fraction of sp³-hybridized carbons (Fsp3) is 0.375. The highest BCUT2D eigenvalue weighted by Crippen LogP contribution is 2.07. The summed E-state index contributed by atoms with van der Waals surface area (Å²) in [5.41, 5.74) is 6.72. The van der Waals surface area contributed by atoms with Crippen LogP contribution in [0, 0.1) is 0 Å². The van der Waals surface area contributed by atoms with Crippen LogP contribution >= 0.6 is 0 Å². The van der Waals surface area contributed by atoms with Crippen LogP contribution in [0.25, 0.3) is 0 Å². The molecule has 0 bridgehead atoms. The van der Waals surface area contributed by atoms with E-state index in [1.54, 1.807) is 0 Å². The lowest BCUT2D eigenvalue weighted by atomic mass is 10.1. The Morgan fingerprint density at radius 3 is 2.50 bits per heavy atom. The second-order valence-corrected chi connectivity index (χ2v) is 2.72. The molecule has 0 aliphatic rings. The van der Waals surface area contributed by atoms with E-state index in [1.165, 1.54) is 5.69 Å². The number of hydrogen-bond donors (Lipinski definition) is 1. The Balaban J connectivity index is 2.96. The van der Waals surface area contributed by atoms with E-state index >= 15 is 0 Å². The van der Waals surface area contributed by atoms with Crippen molar-refractivity contribution in [1.82, 2.24) is 0 Å². The number of aromatic nitrogens is 1. The summed E-state index contributed by atoms with van der Waals surface area (Å²) < 4.78 is 0. The summed E-state index contributed by atoms with van der Waals surface area (Å²) in [6, 6.07) is 5.86. The fourth-order valence-corrected chi connectivity index (χ4v) is 0.842. The fourth-order valence-electron chi connectivity index (χ4n) is 0.842. The predicted molar refractivity (Wildman–Crippen MR) is 41.5 cm³/mol. The normalized spacial score (nSPS) is 10.3. The lowest BCUT2D eigenvalue weighted by molar-refractivity contribution is -0.375. The average molecular weight is 137 g/mol. The lowest BCUT2D eigenvalue weighted by Gasteiger charge is -1.99. The first-order valence-electron chi connectivity index (χ1n) is 3.48. The molecule has 2 nitrogen and oxygen atoms in total. The third-order valence-corrected chi connectivity index (χ3v) is 1.46. The maximum Gasteiger partial charge on any atom is 0.270 e. The Hall–Kier alpha value is -1.05. The van der Waals surface area contributed by atoms with Crippen molar-refractivity contribution in [3.8, 4) is 0 Å². The van der Waals surface area contributed by atoms with Gasteiger partial charge in [0, 0.05) is 12.0 Å². The zero-order valence-corrected chi connectivity index (χ0v) is 6.39. The molecule has 54 valence electrons. The monoisotopic (exact) mass is 137 g/mol. The highest BCUT2D eigenvalue weighted by atomic mass is 14.8. The van der Waals surface area contributed by atoms with Crippen molar-refractivity contribution in [2.75, 3.05) is 5.73 Å². The van der Waals surface area contributed by atoms with Crippen LogP contribution in [0.4, 0.5) is 5.82 Å². The van der Waals surface area contributed by atoms with Crippen LogP contribution in [0.3, 0.4) is 0 Å². The molecular formula is C8H13N2+. The average Bonchev–Trinajstić information content (AvgIpc) is 1.88. The molecule has 1 aromatic heterocycles. The number of nitrogens with two attached hydrogens (primary N) is 1. The van der Waals surface area contributed by atoms with Crippen LogP contribution in [0.5, 0.6) is 0 Å². The zero-order chi connectivity index (χ0) is 7.56. The molecule has 0 saturated heterocycles. The van der Waals surface area contributed by atoms with E-state index in [2.05, 4.69) is 18.8 Å². The van der Waals surface area contributed by atoms with E-state index in [4.69, 9.17) is 5.73 Å². The minimum absolute atomic E-state index is 0.517. The molecule has 0 radical (unpaired) electrons. The smallest absolute Gasteiger partial charge is 0.270 e. The van der Waals surface area contributed by atoms with Gasteiger partial charge in [-0.3, -0.25) is 5.73 Å². The Labute approximate surface area is 61.1 Å². The van der Waals surface area contributed by atoms with Crippen molar-refractivity contribution in [3.05, 3.63) is 23.9 Å². The van der Waals surface area contributed by atoms with Crippen molar-refractivity contribution in [2.45, 2.75) is 19.8 Å². The van der Waals surface area contributed by atoms with Gasteiger partial charge in [-0.25, -0.2) is 4.98 Å². The summed E-state index contributed by atoms with van der Waals surface area (Å²) in [4.78, 5) is 3.08. The minimum Gasteiger partial charge on any atom is -0.287 e. The van der Waals surface area contributed by atoms with Crippen LogP contribution < -0.4 is 10.7 Å². The van der Waals surface area contributed by atoms with Crippen molar-refractivity contribution >= 4 is 5.82 Å². The van der Waals surface area contributed by atoms with E-state index in [9.17, 15) is 0 Å². The van der Waals surface area contributed by atoms with Gasteiger partial charge < -0.3 is 0 Å². The van der Waals surface area contributed by atoms with E-state index in [-0.39, 0.29) is 0 Å². The van der Waals surface area contributed by atoms with Gasteiger partial charge in [0.05, 0.1) is 0 Å². The molecule has 3 N–H and O–H groups in total. The number of H-pyrrole nitrogens is 1. The van der Waals surface area contributed by atoms with E-state index in [1.807, 2.05) is 18.2 Å². The summed E-state index contributed by atoms with van der Waals surface area (Å²) in [6.07, 6.45) is 0. The molecule has 0 atom stereocenters. The lowest BCUT2D eigenvalue weighted by Crippen LogP contribution is -2.16. The largest absolute Gasteiger partial charge is 0.287 e. The van der Waals surface area contributed by atoms with E-state index in [0.29, 0.717) is 5.92 Å². The molecule has 0 unspecified atom stereocenters.